The number of aromatic nitrogens is 1. The van der Waals surface area contributed by atoms with E-state index in [0.717, 1.165) is 18.8 Å². The molecule has 0 aliphatic carbocycles. The quantitative estimate of drug-likeness (QED) is 0.847. The third-order valence-corrected chi connectivity index (χ3v) is 2.85. The van der Waals surface area contributed by atoms with Crippen LogP contribution < -0.4 is 5.32 Å². The van der Waals surface area contributed by atoms with E-state index < -0.39 is 0 Å². The van der Waals surface area contributed by atoms with Gasteiger partial charge in [-0.1, -0.05) is 0 Å². The van der Waals surface area contributed by atoms with Gasteiger partial charge in [0.05, 0.1) is 0 Å². The number of nitrogens with zero attached hydrogens (tertiary/aromatic N) is 2. The van der Waals surface area contributed by atoms with Crippen molar-refractivity contribution in [1.29, 1.82) is 0 Å². The molecule has 86 valence electrons. The Bertz CT molecular complexity index is 471. The number of hydrogen-bond acceptors (Lipinski definition) is 2. The van der Waals surface area contributed by atoms with Gasteiger partial charge in [0.2, 0.25) is 0 Å². The molecular formula is C13H19N3. The van der Waals surface area contributed by atoms with Gasteiger partial charge in [0.1, 0.15) is 0 Å². The number of benzene rings is 1. The first-order chi connectivity index (χ1) is 7.70. The van der Waals surface area contributed by atoms with Gasteiger partial charge in [-0.25, -0.2) is 0 Å². The summed E-state index contributed by atoms with van der Waals surface area (Å²) in [6.07, 6.45) is 2.16. The van der Waals surface area contributed by atoms with Crippen molar-refractivity contribution >= 4 is 16.6 Å². The summed E-state index contributed by atoms with van der Waals surface area (Å²) in [6.45, 7) is 2.10. The maximum Gasteiger partial charge on any atom is 0.0482 e. The van der Waals surface area contributed by atoms with Crippen LogP contribution in [0.2, 0.25) is 0 Å². The predicted molar refractivity (Wildman–Crippen MR) is 70.0 cm³/mol. The molecule has 1 aromatic carbocycles. The van der Waals surface area contributed by atoms with Crippen molar-refractivity contribution in [3.8, 4) is 0 Å². The summed E-state index contributed by atoms with van der Waals surface area (Å²) < 4.78 is 2.30. The van der Waals surface area contributed by atoms with E-state index in [1.165, 1.54) is 10.9 Å². The normalized spacial score (nSPS) is 11.2. The van der Waals surface area contributed by atoms with Gasteiger partial charge in [0.25, 0.3) is 0 Å². The SMILES string of the molecule is CNc1ccc2c(ccn2CCN(C)C)c1. The van der Waals surface area contributed by atoms with E-state index in [0.29, 0.717) is 0 Å². The van der Waals surface area contributed by atoms with Crippen LogP contribution in [-0.2, 0) is 6.54 Å². The molecule has 2 rings (SSSR count). The zero-order valence-electron chi connectivity index (χ0n) is 10.2. The average molecular weight is 217 g/mol. The molecule has 0 amide bonds. The molecule has 3 heteroatoms. The topological polar surface area (TPSA) is 20.2 Å². The van der Waals surface area contributed by atoms with Crippen LogP contribution >= 0.6 is 0 Å². The molecule has 0 aliphatic rings. The fourth-order valence-corrected chi connectivity index (χ4v) is 1.86. The lowest BCUT2D eigenvalue weighted by atomic mass is 10.2. The first-order valence-corrected chi connectivity index (χ1v) is 5.62. The molecule has 16 heavy (non-hydrogen) atoms. The molecular weight excluding hydrogens is 198 g/mol. The summed E-state index contributed by atoms with van der Waals surface area (Å²) in [4.78, 5) is 2.20. The van der Waals surface area contributed by atoms with Gasteiger partial charge in [-0.05, 0) is 38.4 Å². The van der Waals surface area contributed by atoms with Crippen LogP contribution in [0.15, 0.2) is 30.5 Å². The Balaban J connectivity index is 2.27. The molecule has 3 nitrogen and oxygen atoms in total. The zero-order chi connectivity index (χ0) is 11.5. The number of anilines is 1. The minimum atomic E-state index is 1.04. The third kappa shape index (κ3) is 2.19. The van der Waals surface area contributed by atoms with E-state index in [1.807, 2.05) is 7.05 Å². The Morgan fingerprint density at radius 2 is 2.06 bits per heavy atom. The number of rotatable bonds is 4. The highest BCUT2D eigenvalue weighted by Crippen LogP contribution is 2.20. The van der Waals surface area contributed by atoms with Gasteiger partial charge in [-0.15, -0.1) is 0 Å². The van der Waals surface area contributed by atoms with Crippen LogP contribution in [0.4, 0.5) is 5.69 Å². The summed E-state index contributed by atoms with van der Waals surface area (Å²) in [6, 6.07) is 8.65. The van der Waals surface area contributed by atoms with E-state index >= 15 is 0 Å². The molecule has 0 spiro atoms. The molecule has 0 aliphatic heterocycles. The van der Waals surface area contributed by atoms with Crippen molar-refractivity contribution in [3.05, 3.63) is 30.5 Å². The standard InChI is InChI=1S/C13H19N3/c1-14-12-4-5-13-11(10-12)6-7-16(13)9-8-15(2)3/h4-7,10,14H,8-9H2,1-3H3. The first-order valence-electron chi connectivity index (χ1n) is 5.62. The summed E-state index contributed by atoms with van der Waals surface area (Å²) >= 11 is 0. The first kappa shape index (κ1) is 11.0. The highest BCUT2D eigenvalue weighted by Gasteiger charge is 2.01. The van der Waals surface area contributed by atoms with E-state index in [4.69, 9.17) is 0 Å². The van der Waals surface area contributed by atoms with Crippen LogP contribution in [0.25, 0.3) is 10.9 Å². The molecule has 2 aromatic rings. The molecule has 0 bridgehead atoms. The third-order valence-electron chi connectivity index (χ3n) is 2.85. The minimum absolute atomic E-state index is 1.04. The minimum Gasteiger partial charge on any atom is -0.388 e. The Morgan fingerprint density at radius 3 is 2.75 bits per heavy atom. The van der Waals surface area contributed by atoms with Gasteiger partial charge in [0, 0.05) is 42.9 Å². The number of nitrogens with one attached hydrogen (secondary N) is 1. The van der Waals surface area contributed by atoms with Gasteiger partial charge < -0.3 is 14.8 Å². The molecule has 0 atom stereocenters. The summed E-state index contributed by atoms with van der Waals surface area (Å²) in [5.41, 5.74) is 2.47. The number of fused-ring (bicyclic) bond motifs is 1. The molecule has 0 saturated carbocycles. The molecule has 1 N–H and O–H groups in total. The molecule has 1 heterocycles. The Morgan fingerprint density at radius 1 is 1.25 bits per heavy atom. The molecule has 1 aromatic heterocycles. The van der Waals surface area contributed by atoms with Crippen molar-refractivity contribution in [2.45, 2.75) is 6.54 Å². The fourth-order valence-electron chi connectivity index (χ4n) is 1.86. The van der Waals surface area contributed by atoms with E-state index in [1.54, 1.807) is 0 Å². The Hall–Kier alpha value is -1.48. The van der Waals surface area contributed by atoms with Crippen molar-refractivity contribution in [2.24, 2.45) is 0 Å². The van der Waals surface area contributed by atoms with E-state index in [9.17, 15) is 0 Å². The fraction of sp³-hybridized carbons (Fsp3) is 0.385. The van der Waals surface area contributed by atoms with Crippen LogP contribution in [0, 0.1) is 0 Å². The Kier molecular flexibility index (Phi) is 3.15. The summed E-state index contributed by atoms with van der Waals surface area (Å²) in [5.74, 6) is 0. The second-order valence-corrected chi connectivity index (χ2v) is 4.34. The summed E-state index contributed by atoms with van der Waals surface area (Å²) in [5, 5.41) is 4.46. The van der Waals surface area contributed by atoms with Crippen molar-refractivity contribution in [3.63, 3.8) is 0 Å². The van der Waals surface area contributed by atoms with Gasteiger partial charge in [-0.3, -0.25) is 0 Å². The van der Waals surface area contributed by atoms with Crippen LogP contribution in [0.1, 0.15) is 0 Å². The summed E-state index contributed by atoms with van der Waals surface area (Å²) in [7, 11) is 6.15. The monoisotopic (exact) mass is 217 g/mol. The highest BCUT2D eigenvalue weighted by molar-refractivity contribution is 5.83. The largest absolute Gasteiger partial charge is 0.388 e. The lowest BCUT2D eigenvalue weighted by molar-refractivity contribution is 0.387. The van der Waals surface area contributed by atoms with Crippen molar-refractivity contribution in [1.82, 2.24) is 9.47 Å². The Labute approximate surface area is 96.7 Å². The smallest absolute Gasteiger partial charge is 0.0482 e. The van der Waals surface area contributed by atoms with Crippen LogP contribution in [0.5, 0.6) is 0 Å². The molecule has 0 fully saturated rings. The van der Waals surface area contributed by atoms with Gasteiger partial charge in [0.15, 0.2) is 0 Å². The van der Waals surface area contributed by atoms with E-state index in [2.05, 4.69) is 59.3 Å². The van der Waals surface area contributed by atoms with Crippen molar-refractivity contribution < 1.29 is 0 Å². The molecule has 0 unspecified atom stereocenters. The highest BCUT2D eigenvalue weighted by atomic mass is 15.1. The van der Waals surface area contributed by atoms with E-state index in [-0.39, 0.29) is 0 Å². The van der Waals surface area contributed by atoms with Crippen LogP contribution in [-0.4, -0.2) is 37.2 Å². The molecule has 0 saturated heterocycles. The molecule has 0 radical (unpaired) electrons. The van der Waals surface area contributed by atoms with Crippen molar-refractivity contribution in [2.75, 3.05) is 33.0 Å². The number of hydrogen-bond donors (Lipinski definition) is 1. The van der Waals surface area contributed by atoms with Gasteiger partial charge in [-0.2, -0.15) is 0 Å². The second kappa shape index (κ2) is 4.58. The lowest BCUT2D eigenvalue weighted by Crippen LogP contribution is -2.17. The second-order valence-electron chi connectivity index (χ2n) is 4.34. The van der Waals surface area contributed by atoms with Crippen LogP contribution in [0.3, 0.4) is 0 Å². The lowest BCUT2D eigenvalue weighted by Gasteiger charge is -2.11. The average Bonchev–Trinajstić information content (AvgIpc) is 2.68. The maximum absolute atomic E-state index is 3.16. The number of likely N-dealkylation sites (N-methyl/N-ethyl adjacent to an activating group) is 1. The maximum atomic E-state index is 3.16. The predicted octanol–water partition coefficient (Wildman–Crippen LogP) is 2.24. The van der Waals surface area contributed by atoms with Gasteiger partial charge >= 0.3 is 0 Å². The zero-order valence-corrected chi connectivity index (χ0v) is 10.2.